The first-order valence-corrected chi connectivity index (χ1v) is 7.38. The van der Waals surface area contributed by atoms with Crippen molar-refractivity contribution in [3.05, 3.63) is 0 Å². The first kappa shape index (κ1) is 15.0. The van der Waals surface area contributed by atoms with Crippen LogP contribution in [0.3, 0.4) is 0 Å². The van der Waals surface area contributed by atoms with Gasteiger partial charge in [-0.2, -0.15) is 0 Å². The Balaban J connectivity index is 2.34. The summed E-state index contributed by atoms with van der Waals surface area (Å²) in [6, 6.07) is 0.441. The molecule has 0 aliphatic heterocycles. The molecular formula is C15H31NO. The Bertz CT molecular complexity index is 190. The van der Waals surface area contributed by atoms with Gasteiger partial charge in [-0.25, -0.2) is 0 Å². The van der Waals surface area contributed by atoms with Crippen molar-refractivity contribution in [2.45, 2.75) is 71.8 Å². The van der Waals surface area contributed by atoms with Crippen LogP contribution < -0.4 is 5.32 Å². The standard InChI is InChI=1S/C15H31NO/c1-15(2,3)14(10-11-17)16-12-13-8-6-4-5-7-9-13/h13-14,16-17H,4-12H2,1-3H3. The quantitative estimate of drug-likeness (QED) is 0.724. The van der Waals surface area contributed by atoms with Crippen LogP contribution in [0.1, 0.15) is 65.7 Å². The Morgan fingerprint density at radius 3 is 2.18 bits per heavy atom. The highest BCUT2D eigenvalue weighted by Crippen LogP contribution is 2.25. The van der Waals surface area contributed by atoms with Crippen LogP contribution in [0.2, 0.25) is 0 Å². The van der Waals surface area contributed by atoms with E-state index in [4.69, 9.17) is 5.11 Å². The van der Waals surface area contributed by atoms with Crippen LogP contribution in [0, 0.1) is 11.3 Å². The molecule has 0 aromatic carbocycles. The number of hydrogen-bond donors (Lipinski definition) is 2. The lowest BCUT2D eigenvalue weighted by Crippen LogP contribution is -2.43. The molecule has 0 spiro atoms. The molecule has 0 heterocycles. The highest BCUT2D eigenvalue weighted by molar-refractivity contribution is 4.81. The molecule has 1 fully saturated rings. The first-order valence-electron chi connectivity index (χ1n) is 7.38. The van der Waals surface area contributed by atoms with Gasteiger partial charge in [0, 0.05) is 12.6 Å². The van der Waals surface area contributed by atoms with Crippen molar-refractivity contribution >= 4 is 0 Å². The van der Waals surface area contributed by atoms with Crippen molar-refractivity contribution in [2.24, 2.45) is 11.3 Å². The molecule has 102 valence electrons. The van der Waals surface area contributed by atoms with E-state index in [9.17, 15) is 0 Å². The fourth-order valence-corrected chi connectivity index (χ4v) is 2.85. The van der Waals surface area contributed by atoms with E-state index in [0.717, 1.165) is 18.9 Å². The molecule has 17 heavy (non-hydrogen) atoms. The number of aliphatic hydroxyl groups is 1. The molecule has 0 bridgehead atoms. The number of aliphatic hydroxyl groups excluding tert-OH is 1. The van der Waals surface area contributed by atoms with Gasteiger partial charge in [-0.05, 0) is 37.1 Å². The van der Waals surface area contributed by atoms with E-state index in [1.807, 2.05) is 0 Å². The Morgan fingerprint density at radius 2 is 1.71 bits per heavy atom. The van der Waals surface area contributed by atoms with Crippen LogP contribution in [0.5, 0.6) is 0 Å². The summed E-state index contributed by atoms with van der Waals surface area (Å²) in [5.41, 5.74) is 0.244. The zero-order valence-electron chi connectivity index (χ0n) is 12.0. The van der Waals surface area contributed by atoms with Gasteiger partial charge in [0.15, 0.2) is 0 Å². The van der Waals surface area contributed by atoms with Gasteiger partial charge in [0.25, 0.3) is 0 Å². The van der Waals surface area contributed by atoms with Gasteiger partial charge in [0.1, 0.15) is 0 Å². The van der Waals surface area contributed by atoms with Gasteiger partial charge in [-0.3, -0.25) is 0 Å². The second-order valence-electron chi connectivity index (χ2n) is 6.70. The van der Waals surface area contributed by atoms with Gasteiger partial charge < -0.3 is 10.4 Å². The van der Waals surface area contributed by atoms with E-state index >= 15 is 0 Å². The minimum atomic E-state index is 0.244. The normalized spacial score (nSPS) is 21.2. The summed E-state index contributed by atoms with van der Waals surface area (Å²) in [6.45, 7) is 8.20. The summed E-state index contributed by atoms with van der Waals surface area (Å²) in [5, 5.41) is 12.8. The van der Waals surface area contributed by atoms with Gasteiger partial charge in [-0.15, -0.1) is 0 Å². The molecule has 1 unspecified atom stereocenters. The first-order chi connectivity index (χ1) is 8.04. The monoisotopic (exact) mass is 241 g/mol. The van der Waals surface area contributed by atoms with Crippen LogP contribution in [0.4, 0.5) is 0 Å². The van der Waals surface area contributed by atoms with Crippen molar-refractivity contribution in [1.82, 2.24) is 5.32 Å². The average Bonchev–Trinajstić information content (AvgIpc) is 2.51. The van der Waals surface area contributed by atoms with Gasteiger partial charge >= 0.3 is 0 Å². The summed E-state index contributed by atoms with van der Waals surface area (Å²) in [5.74, 6) is 0.862. The zero-order chi connectivity index (χ0) is 12.7. The maximum atomic E-state index is 9.14. The molecule has 0 amide bonds. The third-order valence-corrected chi connectivity index (χ3v) is 4.09. The lowest BCUT2D eigenvalue weighted by molar-refractivity contribution is 0.190. The van der Waals surface area contributed by atoms with Crippen LogP contribution in [0.25, 0.3) is 0 Å². The molecule has 1 atom stereocenters. The third-order valence-electron chi connectivity index (χ3n) is 4.09. The molecule has 0 saturated heterocycles. The van der Waals surface area contributed by atoms with E-state index in [0.29, 0.717) is 12.6 Å². The number of rotatable bonds is 5. The summed E-state index contributed by atoms with van der Waals surface area (Å²) in [4.78, 5) is 0. The molecule has 2 nitrogen and oxygen atoms in total. The second kappa shape index (κ2) is 7.38. The van der Waals surface area contributed by atoms with Crippen LogP contribution >= 0.6 is 0 Å². The Kier molecular flexibility index (Phi) is 6.50. The molecule has 0 aromatic heterocycles. The van der Waals surface area contributed by atoms with Gasteiger partial charge in [0.2, 0.25) is 0 Å². The minimum absolute atomic E-state index is 0.244. The van der Waals surface area contributed by atoms with Gasteiger partial charge in [0.05, 0.1) is 0 Å². The smallest absolute Gasteiger partial charge is 0.0446 e. The summed E-state index contributed by atoms with van der Waals surface area (Å²) in [7, 11) is 0. The van der Waals surface area contributed by atoms with E-state index in [-0.39, 0.29) is 5.41 Å². The summed E-state index contributed by atoms with van der Waals surface area (Å²) >= 11 is 0. The molecule has 1 saturated carbocycles. The highest BCUT2D eigenvalue weighted by atomic mass is 16.3. The third kappa shape index (κ3) is 5.87. The lowest BCUT2D eigenvalue weighted by Gasteiger charge is -2.32. The predicted molar refractivity (Wildman–Crippen MR) is 74.1 cm³/mol. The predicted octanol–water partition coefficient (Wildman–Crippen LogP) is 3.34. The maximum Gasteiger partial charge on any atom is 0.0446 e. The number of nitrogens with one attached hydrogen (secondary N) is 1. The van der Waals surface area contributed by atoms with Crippen molar-refractivity contribution in [3.63, 3.8) is 0 Å². The molecule has 1 aliphatic carbocycles. The fourth-order valence-electron chi connectivity index (χ4n) is 2.85. The lowest BCUT2D eigenvalue weighted by atomic mass is 9.84. The van der Waals surface area contributed by atoms with Crippen molar-refractivity contribution < 1.29 is 5.11 Å². The van der Waals surface area contributed by atoms with Crippen LogP contribution in [0.15, 0.2) is 0 Å². The van der Waals surface area contributed by atoms with Crippen molar-refractivity contribution in [3.8, 4) is 0 Å². The Labute approximate surface area is 107 Å². The SMILES string of the molecule is CC(C)(C)C(CCO)NCC1CCCCCC1. The Hall–Kier alpha value is -0.0800. The fraction of sp³-hybridized carbons (Fsp3) is 1.00. The average molecular weight is 241 g/mol. The zero-order valence-corrected chi connectivity index (χ0v) is 12.0. The van der Waals surface area contributed by atoms with E-state index in [1.165, 1.54) is 38.5 Å². The van der Waals surface area contributed by atoms with Crippen molar-refractivity contribution in [1.29, 1.82) is 0 Å². The largest absolute Gasteiger partial charge is 0.396 e. The van der Waals surface area contributed by atoms with Crippen molar-refractivity contribution in [2.75, 3.05) is 13.2 Å². The van der Waals surface area contributed by atoms with E-state index in [2.05, 4.69) is 26.1 Å². The van der Waals surface area contributed by atoms with E-state index in [1.54, 1.807) is 0 Å². The Morgan fingerprint density at radius 1 is 1.12 bits per heavy atom. The molecular weight excluding hydrogens is 210 g/mol. The van der Waals surface area contributed by atoms with Gasteiger partial charge in [-0.1, -0.05) is 46.5 Å². The molecule has 1 aliphatic rings. The molecule has 2 N–H and O–H groups in total. The topological polar surface area (TPSA) is 32.3 Å². The molecule has 2 heteroatoms. The van der Waals surface area contributed by atoms with Crippen LogP contribution in [-0.4, -0.2) is 24.3 Å². The van der Waals surface area contributed by atoms with E-state index < -0.39 is 0 Å². The second-order valence-corrected chi connectivity index (χ2v) is 6.70. The molecule has 0 radical (unpaired) electrons. The molecule has 0 aromatic rings. The summed E-state index contributed by atoms with van der Waals surface area (Å²) in [6.07, 6.45) is 9.33. The minimum Gasteiger partial charge on any atom is -0.396 e. The van der Waals surface area contributed by atoms with Crippen LogP contribution in [-0.2, 0) is 0 Å². The number of hydrogen-bond acceptors (Lipinski definition) is 2. The summed E-state index contributed by atoms with van der Waals surface area (Å²) < 4.78 is 0. The highest BCUT2D eigenvalue weighted by Gasteiger charge is 2.24. The molecule has 1 rings (SSSR count). The maximum absolute atomic E-state index is 9.14.